The van der Waals surface area contributed by atoms with Gasteiger partial charge in [-0.3, -0.25) is 14.4 Å². The highest BCUT2D eigenvalue weighted by atomic mass is 16.4. The standard InChI is InChI=1S/C31H38N2O4/c1-6-7-11-28(30(36)32-27(18-29(34)35)24-14-12-20(2)13-15-24)33-19-21(3)16-25(31(33)37)17-26-22(4)9-8-10-23(26)5/h8-10,12-16,19,27-28H,6-7,11,17-18H2,1-5H3,(H,32,36)(H,34,35)/t27-,28+/m0/s1. The summed E-state index contributed by atoms with van der Waals surface area (Å²) in [6, 6.07) is 14.1. The zero-order valence-corrected chi connectivity index (χ0v) is 22.5. The lowest BCUT2D eigenvalue weighted by Gasteiger charge is -2.25. The van der Waals surface area contributed by atoms with E-state index < -0.39 is 18.1 Å². The van der Waals surface area contributed by atoms with Crippen LogP contribution in [0.2, 0.25) is 0 Å². The highest BCUT2D eigenvalue weighted by Crippen LogP contribution is 2.23. The number of hydrogen-bond donors (Lipinski definition) is 2. The first-order valence-electron chi connectivity index (χ1n) is 13.0. The number of amides is 1. The van der Waals surface area contributed by atoms with Gasteiger partial charge >= 0.3 is 5.97 Å². The number of rotatable bonds is 11. The van der Waals surface area contributed by atoms with Crippen LogP contribution in [0.25, 0.3) is 0 Å². The van der Waals surface area contributed by atoms with E-state index in [0.717, 1.165) is 46.2 Å². The highest BCUT2D eigenvalue weighted by molar-refractivity contribution is 5.81. The molecule has 2 aromatic carbocycles. The lowest BCUT2D eigenvalue weighted by Crippen LogP contribution is -2.40. The van der Waals surface area contributed by atoms with Gasteiger partial charge < -0.3 is 15.0 Å². The van der Waals surface area contributed by atoms with Crippen molar-refractivity contribution in [3.63, 3.8) is 0 Å². The molecule has 0 spiro atoms. The van der Waals surface area contributed by atoms with Crippen molar-refractivity contribution < 1.29 is 14.7 Å². The van der Waals surface area contributed by atoms with Crippen molar-refractivity contribution >= 4 is 11.9 Å². The summed E-state index contributed by atoms with van der Waals surface area (Å²) in [7, 11) is 0. The lowest BCUT2D eigenvalue weighted by molar-refractivity contribution is -0.137. The van der Waals surface area contributed by atoms with E-state index in [1.54, 1.807) is 10.8 Å². The summed E-state index contributed by atoms with van der Waals surface area (Å²) < 4.78 is 1.55. The van der Waals surface area contributed by atoms with Crippen LogP contribution in [0.1, 0.15) is 83.6 Å². The van der Waals surface area contributed by atoms with Crippen LogP contribution >= 0.6 is 0 Å². The second-order valence-electron chi connectivity index (χ2n) is 10.0. The van der Waals surface area contributed by atoms with Gasteiger partial charge in [0.2, 0.25) is 5.91 Å². The molecule has 6 heteroatoms. The molecule has 0 bridgehead atoms. The number of nitrogens with zero attached hydrogens (tertiary/aromatic N) is 1. The number of nitrogens with one attached hydrogen (secondary N) is 1. The molecule has 1 aromatic heterocycles. The summed E-state index contributed by atoms with van der Waals surface area (Å²) in [6.45, 7) is 10.0. The summed E-state index contributed by atoms with van der Waals surface area (Å²) in [5, 5.41) is 12.5. The van der Waals surface area contributed by atoms with E-state index in [-0.39, 0.29) is 17.9 Å². The fourth-order valence-electron chi connectivity index (χ4n) is 4.78. The molecule has 3 aromatic rings. The Kier molecular flexibility index (Phi) is 9.45. The van der Waals surface area contributed by atoms with Gasteiger partial charge in [-0.25, -0.2) is 0 Å². The van der Waals surface area contributed by atoms with Gasteiger partial charge in [0.25, 0.3) is 5.56 Å². The number of carbonyl (C=O) groups is 2. The van der Waals surface area contributed by atoms with Gasteiger partial charge in [0.15, 0.2) is 0 Å². The third-order valence-corrected chi connectivity index (χ3v) is 6.91. The molecule has 6 nitrogen and oxygen atoms in total. The van der Waals surface area contributed by atoms with Crippen molar-refractivity contribution in [3.8, 4) is 0 Å². The van der Waals surface area contributed by atoms with Crippen molar-refractivity contribution in [2.45, 2.75) is 78.8 Å². The molecule has 1 amide bonds. The first-order chi connectivity index (χ1) is 17.6. The van der Waals surface area contributed by atoms with Crippen LogP contribution in [-0.2, 0) is 16.0 Å². The molecule has 0 radical (unpaired) electrons. The van der Waals surface area contributed by atoms with E-state index in [0.29, 0.717) is 18.4 Å². The van der Waals surface area contributed by atoms with Crippen LogP contribution in [0.3, 0.4) is 0 Å². The van der Waals surface area contributed by atoms with Gasteiger partial charge in [0.05, 0.1) is 12.5 Å². The predicted molar refractivity (Wildman–Crippen MR) is 147 cm³/mol. The van der Waals surface area contributed by atoms with E-state index in [2.05, 4.69) is 5.32 Å². The van der Waals surface area contributed by atoms with Crippen molar-refractivity contribution in [1.29, 1.82) is 0 Å². The Morgan fingerprint density at radius 1 is 0.973 bits per heavy atom. The molecule has 3 rings (SSSR count). The number of carboxylic acid groups (broad SMARTS) is 1. The molecule has 2 N–H and O–H groups in total. The second-order valence-corrected chi connectivity index (χ2v) is 10.0. The summed E-state index contributed by atoms with van der Waals surface area (Å²) in [6.07, 6.45) is 4.12. The largest absolute Gasteiger partial charge is 0.481 e. The minimum Gasteiger partial charge on any atom is -0.481 e. The molecule has 0 aliphatic heterocycles. The molecule has 196 valence electrons. The third kappa shape index (κ3) is 7.19. The van der Waals surface area contributed by atoms with Gasteiger partial charge in [0.1, 0.15) is 6.04 Å². The van der Waals surface area contributed by atoms with Crippen LogP contribution < -0.4 is 10.9 Å². The number of aromatic nitrogens is 1. The van der Waals surface area contributed by atoms with E-state index >= 15 is 0 Å². The monoisotopic (exact) mass is 502 g/mol. The van der Waals surface area contributed by atoms with Crippen LogP contribution in [0.4, 0.5) is 0 Å². The normalized spacial score (nSPS) is 12.7. The number of hydrogen-bond acceptors (Lipinski definition) is 3. The Morgan fingerprint density at radius 2 is 1.62 bits per heavy atom. The quantitative estimate of drug-likeness (QED) is 0.350. The third-order valence-electron chi connectivity index (χ3n) is 6.91. The summed E-state index contributed by atoms with van der Waals surface area (Å²) in [5.41, 5.74) is 6.50. The first kappa shape index (κ1) is 27.9. The number of benzene rings is 2. The molecule has 0 aliphatic rings. The molecule has 2 atom stereocenters. The molecule has 0 aliphatic carbocycles. The van der Waals surface area contributed by atoms with E-state index in [4.69, 9.17) is 0 Å². The molecule has 0 saturated heterocycles. The maximum Gasteiger partial charge on any atom is 0.305 e. The topological polar surface area (TPSA) is 88.4 Å². The lowest BCUT2D eigenvalue weighted by atomic mass is 9.96. The molecular weight excluding hydrogens is 464 g/mol. The number of aliphatic carboxylic acids is 1. The Labute approximate surface area is 219 Å². The Morgan fingerprint density at radius 3 is 2.22 bits per heavy atom. The fraction of sp³-hybridized carbons (Fsp3) is 0.387. The second kappa shape index (κ2) is 12.5. The van der Waals surface area contributed by atoms with E-state index in [9.17, 15) is 19.5 Å². The first-order valence-corrected chi connectivity index (χ1v) is 13.0. The predicted octanol–water partition coefficient (Wildman–Crippen LogP) is 5.74. The van der Waals surface area contributed by atoms with Crippen molar-refractivity contribution in [3.05, 3.63) is 104 Å². The smallest absolute Gasteiger partial charge is 0.305 e. The van der Waals surface area contributed by atoms with Crippen molar-refractivity contribution in [2.24, 2.45) is 0 Å². The molecule has 37 heavy (non-hydrogen) atoms. The minimum absolute atomic E-state index is 0.186. The van der Waals surface area contributed by atoms with Crippen molar-refractivity contribution in [1.82, 2.24) is 9.88 Å². The minimum atomic E-state index is -1.00. The average Bonchev–Trinajstić information content (AvgIpc) is 2.84. The van der Waals surface area contributed by atoms with Crippen molar-refractivity contribution in [2.75, 3.05) is 0 Å². The number of carboxylic acids is 1. The summed E-state index contributed by atoms with van der Waals surface area (Å²) >= 11 is 0. The summed E-state index contributed by atoms with van der Waals surface area (Å²) in [4.78, 5) is 39.0. The van der Waals surface area contributed by atoms with Gasteiger partial charge in [-0.05, 0) is 68.0 Å². The SMILES string of the molecule is CCCC[C@H](C(=O)N[C@@H](CC(=O)O)c1ccc(C)cc1)n1cc(C)cc(Cc2c(C)cccc2C)c1=O. The maximum absolute atomic E-state index is 13.7. The zero-order chi connectivity index (χ0) is 27.1. The number of pyridine rings is 1. The Balaban J connectivity index is 1.99. The van der Waals surface area contributed by atoms with Gasteiger partial charge in [-0.2, -0.15) is 0 Å². The van der Waals surface area contributed by atoms with Gasteiger partial charge in [-0.1, -0.05) is 67.8 Å². The van der Waals surface area contributed by atoms with Crippen LogP contribution in [0, 0.1) is 27.7 Å². The van der Waals surface area contributed by atoms with Crippen LogP contribution in [0.15, 0.2) is 59.5 Å². The zero-order valence-electron chi connectivity index (χ0n) is 22.5. The van der Waals surface area contributed by atoms with E-state index in [1.807, 2.05) is 83.1 Å². The fourth-order valence-corrected chi connectivity index (χ4v) is 4.78. The average molecular weight is 503 g/mol. The highest BCUT2D eigenvalue weighted by Gasteiger charge is 2.26. The molecule has 1 heterocycles. The number of aryl methyl sites for hydroxylation is 4. The number of carbonyl (C=O) groups excluding carboxylic acids is 1. The maximum atomic E-state index is 13.7. The Bertz CT molecular complexity index is 1290. The molecule has 0 unspecified atom stereocenters. The van der Waals surface area contributed by atoms with Crippen LogP contribution in [-0.4, -0.2) is 21.6 Å². The van der Waals surface area contributed by atoms with Crippen LogP contribution in [0.5, 0.6) is 0 Å². The van der Waals surface area contributed by atoms with Gasteiger partial charge in [0, 0.05) is 18.2 Å². The van der Waals surface area contributed by atoms with E-state index in [1.165, 1.54) is 0 Å². The molecule has 0 saturated carbocycles. The molecule has 0 fully saturated rings. The Hall–Kier alpha value is -3.67. The molecular formula is C31H38N2O4. The van der Waals surface area contributed by atoms with Gasteiger partial charge in [-0.15, -0.1) is 0 Å². The summed E-state index contributed by atoms with van der Waals surface area (Å²) in [5.74, 6) is -1.34. The number of unbranched alkanes of at least 4 members (excludes halogenated alkanes) is 1.